The molecule has 0 unspecified atom stereocenters. The van der Waals surface area contributed by atoms with Crippen molar-refractivity contribution in [1.82, 2.24) is 4.98 Å². The van der Waals surface area contributed by atoms with Crippen LogP contribution in [0.3, 0.4) is 0 Å². The first-order chi connectivity index (χ1) is 11.7. The Morgan fingerprint density at radius 2 is 1.79 bits per heavy atom. The van der Waals surface area contributed by atoms with E-state index in [1.54, 1.807) is 12.3 Å². The molecule has 24 heavy (non-hydrogen) atoms. The third-order valence-corrected chi connectivity index (χ3v) is 3.76. The van der Waals surface area contributed by atoms with Gasteiger partial charge in [0.25, 0.3) is 0 Å². The maximum Gasteiger partial charge on any atom is 0.172 e. The molecule has 0 atom stereocenters. The number of nitrogens with zero attached hydrogens (tertiary/aromatic N) is 2. The monoisotopic (exact) mass is 324 g/mol. The van der Waals surface area contributed by atoms with Crippen LogP contribution in [0.25, 0.3) is 33.2 Å². The lowest BCUT2D eigenvalue weighted by molar-refractivity contribution is 0.302. The average Bonchev–Trinajstić information content (AvgIpc) is 2.60. The molecule has 1 N–H and O–H groups in total. The van der Waals surface area contributed by atoms with Gasteiger partial charge in [0, 0.05) is 23.7 Å². The number of hydrogen-bond acceptors (Lipinski definition) is 4. The molecule has 4 aromatic rings. The van der Waals surface area contributed by atoms with Gasteiger partial charge in [0.15, 0.2) is 17.2 Å². The van der Waals surface area contributed by atoms with Gasteiger partial charge in [0.2, 0.25) is 0 Å². The summed E-state index contributed by atoms with van der Waals surface area (Å²) in [5.41, 5.74) is 0.251. The van der Waals surface area contributed by atoms with Crippen molar-refractivity contribution in [2.24, 2.45) is 5.16 Å². The van der Waals surface area contributed by atoms with E-state index in [4.69, 9.17) is 4.42 Å². The largest absolute Gasteiger partial charge is 0.451 e. The van der Waals surface area contributed by atoms with Gasteiger partial charge in [0.1, 0.15) is 16.9 Å². The molecule has 0 aliphatic heterocycles. The Bertz CT molecular complexity index is 1150. The van der Waals surface area contributed by atoms with Crippen molar-refractivity contribution in [3.63, 3.8) is 0 Å². The van der Waals surface area contributed by atoms with E-state index in [0.717, 1.165) is 16.8 Å². The van der Waals surface area contributed by atoms with Crippen LogP contribution in [0, 0.1) is 11.6 Å². The van der Waals surface area contributed by atoms with E-state index in [1.165, 1.54) is 6.07 Å². The highest BCUT2D eigenvalue weighted by molar-refractivity contribution is 5.85. The third kappa shape index (κ3) is 2.28. The molecule has 2 heterocycles. The van der Waals surface area contributed by atoms with Crippen LogP contribution < -0.4 is 5.36 Å². The lowest BCUT2D eigenvalue weighted by atomic mass is 10.1. The van der Waals surface area contributed by atoms with Crippen LogP contribution in [0.15, 0.2) is 64.3 Å². The van der Waals surface area contributed by atoms with Crippen molar-refractivity contribution in [2.75, 3.05) is 0 Å². The zero-order chi connectivity index (χ0) is 16.7. The molecule has 2 aromatic heterocycles. The molecular formula is C18H10F2N2O2. The molecule has 0 amide bonds. The van der Waals surface area contributed by atoms with Crippen molar-refractivity contribution in [3.05, 3.63) is 71.7 Å². The standard InChI is InChI=1S/C18H10F2N2O2/c19-12-6-13-15(22-23)8-17(24-18(13)14(20)7-12)16-5-10-3-1-2-4-11(10)9-21-16/h1-9,23H. The van der Waals surface area contributed by atoms with Crippen molar-refractivity contribution in [3.8, 4) is 11.5 Å². The first-order valence-corrected chi connectivity index (χ1v) is 7.12. The predicted molar refractivity (Wildman–Crippen MR) is 84.2 cm³/mol. The first kappa shape index (κ1) is 14.3. The Hall–Kier alpha value is -3.28. The van der Waals surface area contributed by atoms with Crippen LogP contribution >= 0.6 is 0 Å². The minimum absolute atomic E-state index is 0.000362. The third-order valence-electron chi connectivity index (χ3n) is 3.76. The zero-order valence-corrected chi connectivity index (χ0v) is 12.2. The van der Waals surface area contributed by atoms with Gasteiger partial charge in [0.05, 0.1) is 5.39 Å². The van der Waals surface area contributed by atoms with Crippen LogP contribution in [0.1, 0.15) is 0 Å². The summed E-state index contributed by atoms with van der Waals surface area (Å²) in [5.74, 6) is -1.44. The summed E-state index contributed by atoms with van der Waals surface area (Å²) < 4.78 is 33.0. The molecule has 0 radical (unpaired) electrons. The molecule has 6 heteroatoms. The Balaban J connectivity index is 2.02. The number of rotatable bonds is 1. The van der Waals surface area contributed by atoms with Gasteiger partial charge in [-0.05, 0) is 17.5 Å². The molecular weight excluding hydrogens is 314 g/mol. The van der Waals surface area contributed by atoms with Crippen molar-refractivity contribution in [2.45, 2.75) is 0 Å². The van der Waals surface area contributed by atoms with Gasteiger partial charge in [-0.2, -0.15) is 0 Å². The second kappa shape index (κ2) is 5.42. The van der Waals surface area contributed by atoms with Crippen molar-refractivity contribution >= 4 is 21.7 Å². The smallest absolute Gasteiger partial charge is 0.172 e. The molecule has 2 aromatic carbocycles. The highest BCUT2D eigenvalue weighted by Crippen LogP contribution is 2.25. The molecule has 0 spiro atoms. The molecule has 118 valence electrons. The summed E-state index contributed by atoms with van der Waals surface area (Å²) in [7, 11) is 0. The Morgan fingerprint density at radius 1 is 1.00 bits per heavy atom. The van der Waals surface area contributed by atoms with E-state index in [1.807, 2.05) is 24.3 Å². The molecule has 0 bridgehead atoms. The van der Waals surface area contributed by atoms with E-state index < -0.39 is 11.6 Å². The van der Waals surface area contributed by atoms with Gasteiger partial charge >= 0.3 is 0 Å². The summed E-state index contributed by atoms with van der Waals surface area (Å²) in [6, 6.07) is 12.5. The average molecular weight is 324 g/mol. The van der Waals surface area contributed by atoms with E-state index in [0.29, 0.717) is 11.8 Å². The number of aromatic nitrogens is 1. The van der Waals surface area contributed by atoms with E-state index in [-0.39, 0.29) is 22.1 Å². The van der Waals surface area contributed by atoms with Gasteiger partial charge in [-0.1, -0.05) is 29.4 Å². The summed E-state index contributed by atoms with van der Waals surface area (Å²) in [6.07, 6.45) is 1.67. The van der Waals surface area contributed by atoms with Crippen LogP contribution in [0.2, 0.25) is 0 Å². The van der Waals surface area contributed by atoms with Gasteiger partial charge in [-0.25, -0.2) is 8.78 Å². The highest BCUT2D eigenvalue weighted by atomic mass is 19.1. The lowest BCUT2D eigenvalue weighted by Crippen LogP contribution is -2.05. The van der Waals surface area contributed by atoms with Crippen molar-refractivity contribution < 1.29 is 18.4 Å². The number of fused-ring (bicyclic) bond motifs is 2. The van der Waals surface area contributed by atoms with Gasteiger partial charge in [-0.3, -0.25) is 4.98 Å². The molecule has 0 saturated heterocycles. The minimum Gasteiger partial charge on any atom is -0.451 e. The maximum absolute atomic E-state index is 14.0. The Kier molecular flexibility index (Phi) is 3.23. The zero-order valence-electron chi connectivity index (χ0n) is 12.2. The second-order valence-corrected chi connectivity index (χ2v) is 5.28. The summed E-state index contributed by atoms with van der Waals surface area (Å²) in [5, 5.41) is 14.2. The van der Waals surface area contributed by atoms with E-state index >= 15 is 0 Å². The number of pyridine rings is 1. The minimum atomic E-state index is -0.877. The van der Waals surface area contributed by atoms with E-state index in [9.17, 15) is 14.0 Å². The maximum atomic E-state index is 14.0. The van der Waals surface area contributed by atoms with Gasteiger partial charge < -0.3 is 9.62 Å². The quantitative estimate of drug-likeness (QED) is 0.421. The molecule has 0 aliphatic carbocycles. The summed E-state index contributed by atoms with van der Waals surface area (Å²) in [4.78, 5) is 4.29. The fourth-order valence-electron chi connectivity index (χ4n) is 2.62. The lowest BCUT2D eigenvalue weighted by Gasteiger charge is -2.06. The van der Waals surface area contributed by atoms with Crippen LogP contribution in [0.5, 0.6) is 0 Å². The Labute approximate surface area is 134 Å². The summed E-state index contributed by atoms with van der Waals surface area (Å²) in [6.45, 7) is 0. The summed E-state index contributed by atoms with van der Waals surface area (Å²) >= 11 is 0. The predicted octanol–water partition coefficient (Wildman–Crippen LogP) is 4.22. The molecule has 0 aliphatic rings. The number of halogens is 2. The number of hydrogen-bond donors (Lipinski definition) is 1. The van der Waals surface area contributed by atoms with Crippen LogP contribution in [-0.4, -0.2) is 10.2 Å². The fraction of sp³-hybridized carbons (Fsp3) is 0. The number of benzene rings is 2. The SMILES string of the molecule is ON=c1cc(-c2cc3ccccc3cn2)oc2c(F)cc(F)cc12. The van der Waals surface area contributed by atoms with Crippen LogP contribution in [-0.2, 0) is 0 Å². The molecule has 4 rings (SSSR count). The molecule has 0 fully saturated rings. The second-order valence-electron chi connectivity index (χ2n) is 5.28. The Morgan fingerprint density at radius 3 is 2.58 bits per heavy atom. The topological polar surface area (TPSA) is 58.6 Å². The van der Waals surface area contributed by atoms with Crippen molar-refractivity contribution in [1.29, 1.82) is 0 Å². The molecule has 0 saturated carbocycles. The van der Waals surface area contributed by atoms with Crippen LogP contribution in [0.4, 0.5) is 8.78 Å². The normalized spacial score (nSPS) is 12.2. The first-order valence-electron chi connectivity index (χ1n) is 7.12. The molecule has 4 nitrogen and oxygen atoms in total. The highest BCUT2D eigenvalue weighted by Gasteiger charge is 2.13. The fourth-order valence-corrected chi connectivity index (χ4v) is 2.62. The van der Waals surface area contributed by atoms with Gasteiger partial charge in [-0.15, -0.1) is 0 Å². The van der Waals surface area contributed by atoms with E-state index in [2.05, 4.69) is 10.1 Å².